The van der Waals surface area contributed by atoms with E-state index in [0.717, 1.165) is 26.6 Å². The molecule has 0 saturated carbocycles. The number of rotatable bonds is 0. The van der Waals surface area contributed by atoms with Crippen LogP contribution in [0.25, 0.3) is 10.9 Å². The summed E-state index contributed by atoms with van der Waals surface area (Å²) in [7, 11) is 1.99. The number of amides is 1. The summed E-state index contributed by atoms with van der Waals surface area (Å²) < 4.78 is 2.95. The summed E-state index contributed by atoms with van der Waals surface area (Å²) in [6, 6.07) is 1.80. The Morgan fingerprint density at radius 1 is 1.41 bits per heavy atom. The third-order valence-corrected chi connectivity index (χ3v) is 5.92. The molecule has 1 atom stereocenters. The third kappa shape index (κ3) is 2.11. The number of carbonyl (C=O) groups excluding carboxylic acids is 1. The first kappa shape index (κ1) is 16.2. The van der Waals surface area contributed by atoms with Gasteiger partial charge in [-0.05, 0) is 18.6 Å². The Balaban J connectivity index is 2.56. The van der Waals surface area contributed by atoms with Crippen LogP contribution in [-0.4, -0.2) is 17.0 Å². The number of benzene rings is 1. The molecule has 1 amide bonds. The highest BCUT2D eigenvalue weighted by molar-refractivity contribution is 9.10. The molecule has 1 aliphatic rings. The molecule has 0 spiro atoms. The second kappa shape index (κ2) is 5.15. The van der Waals surface area contributed by atoms with Crippen LogP contribution in [0.15, 0.2) is 10.5 Å². The summed E-state index contributed by atoms with van der Waals surface area (Å²) in [4.78, 5) is 12.4. The van der Waals surface area contributed by atoms with Crippen molar-refractivity contribution in [2.24, 2.45) is 7.05 Å². The van der Waals surface area contributed by atoms with Gasteiger partial charge < -0.3 is 9.88 Å². The van der Waals surface area contributed by atoms with E-state index in [0.29, 0.717) is 16.6 Å². The first-order chi connectivity index (χ1) is 10.2. The zero-order chi connectivity index (χ0) is 16.4. The van der Waals surface area contributed by atoms with E-state index in [1.54, 1.807) is 6.07 Å². The van der Waals surface area contributed by atoms with Crippen LogP contribution in [0.2, 0.25) is 10.0 Å². The van der Waals surface area contributed by atoms with Crippen molar-refractivity contribution in [1.82, 2.24) is 9.88 Å². The highest BCUT2D eigenvalue weighted by atomic mass is 79.9. The number of carbonyl (C=O) groups is 1. The topological polar surface area (TPSA) is 34.0 Å². The van der Waals surface area contributed by atoms with Gasteiger partial charge in [0.2, 0.25) is 5.91 Å². The van der Waals surface area contributed by atoms with Gasteiger partial charge in [-0.1, -0.05) is 53.0 Å². The summed E-state index contributed by atoms with van der Waals surface area (Å²) >= 11 is 16.3. The summed E-state index contributed by atoms with van der Waals surface area (Å²) in [6.45, 7) is 6.79. The molecule has 0 radical (unpaired) electrons. The molecule has 0 saturated heterocycles. The van der Waals surface area contributed by atoms with Crippen molar-refractivity contribution in [2.45, 2.75) is 32.1 Å². The minimum absolute atomic E-state index is 0.0392. The molecule has 118 valence electrons. The Kier molecular flexibility index (Phi) is 3.78. The lowest BCUT2D eigenvalue weighted by Crippen LogP contribution is -2.35. The number of aromatic nitrogens is 1. The molecule has 1 aromatic carbocycles. The van der Waals surface area contributed by atoms with Crippen molar-refractivity contribution in [2.75, 3.05) is 6.54 Å². The smallest absolute Gasteiger partial charge is 0.227 e. The molecule has 0 fully saturated rings. The number of hydrogen-bond acceptors (Lipinski definition) is 1. The van der Waals surface area contributed by atoms with E-state index in [1.165, 1.54) is 0 Å². The molecule has 1 aromatic heterocycles. The number of nitrogens with zero attached hydrogens (tertiary/aromatic N) is 1. The maximum Gasteiger partial charge on any atom is 0.227 e. The molecule has 0 aliphatic carbocycles. The lowest BCUT2D eigenvalue weighted by Gasteiger charge is -2.25. The van der Waals surface area contributed by atoms with Crippen LogP contribution in [0, 0.1) is 0 Å². The first-order valence-electron chi connectivity index (χ1n) is 7.10. The van der Waals surface area contributed by atoms with Crippen LogP contribution < -0.4 is 5.32 Å². The van der Waals surface area contributed by atoms with E-state index >= 15 is 0 Å². The molecule has 3 nitrogen and oxygen atoms in total. The maximum absolute atomic E-state index is 12.4. The van der Waals surface area contributed by atoms with Gasteiger partial charge in [0, 0.05) is 34.6 Å². The largest absolute Gasteiger partial charge is 0.355 e. The van der Waals surface area contributed by atoms with E-state index in [9.17, 15) is 4.79 Å². The molecule has 1 unspecified atom stereocenters. The Morgan fingerprint density at radius 2 is 2.05 bits per heavy atom. The van der Waals surface area contributed by atoms with Crippen molar-refractivity contribution in [3.8, 4) is 0 Å². The monoisotopic (exact) mass is 402 g/mol. The minimum Gasteiger partial charge on any atom is -0.355 e. The second-order valence-corrected chi connectivity index (χ2v) is 8.16. The summed E-state index contributed by atoms with van der Waals surface area (Å²) in [5.41, 5.74) is 2.83. The minimum atomic E-state index is -0.242. The fourth-order valence-electron chi connectivity index (χ4n) is 3.48. The zero-order valence-corrected chi connectivity index (χ0v) is 15.9. The molecular weight excluding hydrogens is 387 g/mol. The number of nitrogens with one attached hydrogen (secondary N) is 1. The van der Waals surface area contributed by atoms with Crippen molar-refractivity contribution < 1.29 is 4.79 Å². The van der Waals surface area contributed by atoms with Gasteiger partial charge >= 0.3 is 0 Å². The van der Waals surface area contributed by atoms with Crippen LogP contribution in [-0.2, 0) is 17.3 Å². The number of aryl methyl sites for hydroxylation is 1. The fraction of sp³-hybridized carbons (Fsp3) is 0.438. The van der Waals surface area contributed by atoms with Gasteiger partial charge in [-0.2, -0.15) is 0 Å². The van der Waals surface area contributed by atoms with Crippen molar-refractivity contribution in [3.05, 3.63) is 31.8 Å². The van der Waals surface area contributed by atoms with Crippen LogP contribution in [0.5, 0.6) is 0 Å². The maximum atomic E-state index is 12.4. The van der Waals surface area contributed by atoms with Gasteiger partial charge in [-0.15, -0.1) is 0 Å². The van der Waals surface area contributed by atoms with E-state index in [-0.39, 0.29) is 17.2 Å². The van der Waals surface area contributed by atoms with Gasteiger partial charge in [0.15, 0.2) is 0 Å². The van der Waals surface area contributed by atoms with Crippen molar-refractivity contribution >= 4 is 55.9 Å². The van der Waals surface area contributed by atoms with Gasteiger partial charge in [0.25, 0.3) is 0 Å². The molecule has 0 bridgehead atoms. The van der Waals surface area contributed by atoms with Gasteiger partial charge in [0.1, 0.15) is 0 Å². The summed E-state index contributed by atoms with van der Waals surface area (Å²) in [5.74, 6) is -0.202. The lowest BCUT2D eigenvalue weighted by molar-refractivity contribution is -0.122. The third-order valence-electron chi connectivity index (χ3n) is 4.51. The SMILES string of the molecule is CC1C(=O)NCC(C)(C)c2c1c1c(Br)cc(Cl)c(Cl)c1n2C. The molecule has 6 heteroatoms. The number of halogens is 3. The molecule has 2 aromatic rings. The quantitative estimate of drug-likeness (QED) is 0.632. The van der Waals surface area contributed by atoms with E-state index < -0.39 is 0 Å². The normalized spacial score (nSPS) is 20.7. The predicted molar refractivity (Wildman–Crippen MR) is 95.1 cm³/mol. The van der Waals surface area contributed by atoms with E-state index in [2.05, 4.69) is 39.7 Å². The Morgan fingerprint density at radius 3 is 2.68 bits per heavy atom. The van der Waals surface area contributed by atoms with Gasteiger partial charge in [-0.25, -0.2) is 0 Å². The first-order valence-corrected chi connectivity index (χ1v) is 8.65. The van der Waals surface area contributed by atoms with Crippen LogP contribution in [0.1, 0.15) is 37.9 Å². The van der Waals surface area contributed by atoms with Crippen molar-refractivity contribution in [1.29, 1.82) is 0 Å². The van der Waals surface area contributed by atoms with Gasteiger partial charge in [-0.3, -0.25) is 4.79 Å². The van der Waals surface area contributed by atoms with Crippen LogP contribution >= 0.6 is 39.1 Å². The zero-order valence-electron chi connectivity index (χ0n) is 12.9. The average molecular weight is 404 g/mol. The Hall–Kier alpha value is -0.710. The molecule has 3 rings (SSSR count). The van der Waals surface area contributed by atoms with Crippen LogP contribution in [0.3, 0.4) is 0 Å². The van der Waals surface area contributed by atoms with Gasteiger partial charge in [0.05, 0.1) is 21.5 Å². The lowest BCUT2D eigenvalue weighted by atomic mass is 9.84. The predicted octanol–water partition coefficient (Wildman–Crippen LogP) is 4.76. The molecule has 2 heterocycles. The van der Waals surface area contributed by atoms with Crippen LogP contribution in [0.4, 0.5) is 0 Å². The molecule has 22 heavy (non-hydrogen) atoms. The number of fused-ring (bicyclic) bond motifs is 3. The Bertz CT molecular complexity index is 811. The van der Waals surface area contributed by atoms with E-state index in [1.807, 2.05) is 14.0 Å². The second-order valence-electron chi connectivity index (χ2n) is 6.52. The fourth-order valence-corrected chi connectivity index (χ4v) is 4.72. The number of hydrogen-bond donors (Lipinski definition) is 1. The highest BCUT2D eigenvalue weighted by Crippen LogP contribution is 2.46. The standard InChI is InChI=1S/C16H17BrCl2N2O/c1-7-10-11-8(17)5-9(18)12(19)13(11)21(4)14(10)16(2,3)6-20-15(7)22/h5,7H,6H2,1-4H3,(H,20,22). The van der Waals surface area contributed by atoms with E-state index in [4.69, 9.17) is 23.2 Å². The molecule has 1 N–H and O–H groups in total. The average Bonchev–Trinajstić information content (AvgIpc) is 2.72. The summed E-state index contributed by atoms with van der Waals surface area (Å²) in [5, 5.41) is 5.04. The Labute approximate surface area is 148 Å². The molecular formula is C16H17BrCl2N2O. The molecule has 1 aliphatic heterocycles. The highest BCUT2D eigenvalue weighted by Gasteiger charge is 2.38. The van der Waals surface area contributed by atoms with Crippen molar-refractivity contribution in [3.63, 3.8) is 0 Å². The summed E-state index contributed by atoms with van der Waals surface area (Å²) in [6.07, 6.45) is 0.